The topological polar surface area (TPSA) is 36.4 Å². The third-order valence-electron chi connectivity index (χ3n) is 2.06. The van der Waals surface area contributed by atoms with Crippen LogP contribution in [-0.4, -0.2) is 29.9 Å². The Morgan fingerprint density at radius 2 is 2.06 bits per heavy atom. The summed E-state index contributed by atoms with van der Waals surface area (Å²) in [6, 6.07) is 3.01. The van der Waals surface area contributed by atoms with Crippen LogP contribution in [0.15, 0.2) is 18.3 Å². The van der Waals surface area contributed by atoms with Crippen molar-refractivity contribution in [3.05, 3.63) is 24.0 Å². The zero-order valence-electron chi connectivity index (χ0n) is 8.99. The summed E-state index contributed by atoms with van der Waals surface area (Å²) in [5, 5.41) is 9.18. The zero-order valence-corrected chi connectivity index (χ0v) is 8.99. The molecule has 1 rings (SSSR count). The number of hydrogen-bond donors (Lipinski definition) is 1. The minimum atomic E-state index is -4.24. The molecule has 0 aliphatic rings. The standard InChI is InChI=1S/C10H13F3N2O/c1-7(16)9-4-3-8(5-14-9)15(2)6-10(11,12)13/h3-5,7,16H,6H2,1-2H3. The molecule has 0 saturated heterocycles. The third-order valence-corrected chi connectivity index (χ3v) is 2.06. The van der Waals surface area contributed by atoms with E-state index in [9.17, 15) is 18.3 Å². The van der Waals surface area contributed by atoms with E-state index in [4.69, 9.17) is 0 Å². The first-order valence-corrected chi connectivity index (χ1v) is 4.71. The van der Waals surface area contributed by atoms with E-state index < -0.39 is 18.8 Å². The van der Waals surface area contributed by atoms with E-state index in [2.05, 4.69) is 4.98 Å². The van der Waals surface area contributed by atoms with E-state index in [0.717, 1.165) is 4.90 Å². The van der Waals surface area contributed by atoms with Crippen LogP contribution in [0.5, 0.6) is 0 Å². The molecule has 0 radical (unpaired) electrons. The number of pyridine rings is 1. The highest BCUT2D eigenvalue weighted by atomic mass is 19.4. The quantitative estimate of drug-likeness (QED) is 0.870. The van der Waals surface area contributed by atoms with Gasteiger partial charge in [0.05, 0.1) is 23.7 Å². The molecule has 0 amide bonds. The first-order chi connectivity index (χ1) is 7.29. The van der Waals surface area contributed by atoms with Gasteiger partial charge >= 0.3 is 6.18 Å². The van der Waals surface area contributed by atoms with Crippen LogP contribution in [0.3, 0.4) is 0 Å². The molecule has 0 fully saturated rings. The van der Waals surface area contributed by atoms with Crippen molar-refractivity contribution in [3.8, 4) is 0 Å². The molecule has 16 heavy (non-hydrogen) atoms. The minimum Gasteiger partial charge on any atom is -0.387 e. The second-order valence-corrected chi connectivity index (χ2v) is 3.59. The number of hydrogen-bond acceptors (Lipinski definition) is 3. The van der Waals surface area contributed by atoms with Crippen LogP contribution in [0.2, 0.25) is 0 Å². The molecule has 1 unspecified atom stereocenters. The maximum absolute atomic E-state index is 12.1. The van der Waals surface area contributed by atoms with E-state index >= 15 is 0 Å². The molecule has 1 heterocycles. The van der Waals surface area contributed by atoms with Crippen LogP contribution in [0, 0.1) is 0 Å². The van der Waals surface area contributed by atoms with Crippen molar-refractivity contribution in [2.75, 3.05) is 18.5 Å². The highest BCUT2D eigenvalue weighted by Crippen LogP contribution is 2.21. The average molecular weight is 234 g/mol. The van der Waals surface area contributed by atoms with Gasteiger partial charge in [0.15, 0.2) is 0 Å². The summed E-state index contributed by atoms with van der Waals surface area (Å²) in [6.07, 6.45) is -3.65. The highest BCUT2D eigenvalue weighted by molar-refractivity contribution is 5.43. The van der Waals surface area contributed by atoms with Crippen molar-refractivity contribution < 1.29 is 18.3 Å². The fourth-order valence-corrected chi connectivity index (χ4v) is 1.23. The lowest BCUT2D eigenvalue weighted by molar-refractivity contribution is -0.119. The van der Waals surface area contributed by atoms with Crippen molar-refractivity contribution in [1.82, 2.24) is 4.98 Å². The van der Waals surface area contributed by atoms with Gasteiger partial charge in [0.1, 0.15) is 6.54 Å². The molecule has 1 aromatic heterocycles. The third kappa shape index (κ3) is 3.69. The van der Waals surface area contributed by atoms with Gasteiger partial charge in [-0.05, 0) is 19.1 Å². The fourth-order valence-electron chi connectivity index (χ4n) is 1.23. The van der Waals surface area contributed by atoms with Crippen molar-refractivity contribution in [2.45, 2.75) is 19.2 Å². The number of aromatic nitrogens is 1. The average Bonchev–Trinajstić information content (AvgIpc) is 2.15. The van der Waals surface area contributed by atoms with Crippen molar-refractivity contribution in [1.29, 1.82) is 0 Å². The Labute approximate surface area is 91.5 Å². The summed E-state index contributed by atoms with van der Waals surface area (Å²) >= 11 is 0. The summed E-state index contributed by atoms with van der Waals surface area (Å²) in [7, 11) is 1.34. The van der Waals surface area contributed by atoms with Crippen molar-refractivity contribution >= 4 is 5.69 Å². The predicted molar refractivity (Wildman–Crippen MR) is 54.2 cm³/mol. The number of aliphatic hydroxyl groups is 1. The Bertz CT molecular complexity index is 335. The largest absolute Gasteiger partial charge is 0.405 e. The van der Waals surface area contributed by atoms with Gasteiger partial charge in [-0.2, -0.15) is 13.2 Å². The van der Waals surface area contributed by atoms with Crippen LogP contribution in [0.25, 0.3) is 0 Å². The molecule has 0 aromatic carbocycles. The molecular weight excluding hydrogens is 221 g/mol. The molecule has 1 aromatic rings. The molecule has 0 spiro atoms. The van der Waals surface area contributed by atoms with Crippen LogP contribution < -0.4 is 4.90 Å². The molecule has 1 atom stereocenters. The predicted octanol–water partition coefficient (Wildman–Crippen LogP) is 2.13. The normalized spacial score (nSPS) is 13.6. The van der Waals surface area contributed by atoms with E-state index in [0.29, 0.717) is 11.4 Å². The monoisotopic (exact) mass is 234 g/mol. The zero-order chi connectivity index (χ0) is 12.3. The van der Waals surface area contributed by atoms with Crippen LogP contribution >= 0.6 is 0 Å². The van der Waals surface area contributed by atoms with Gasteiger partial charge in [-0.1, -0.05) is 0 Å². The Morgan fingerprint density at radius 3 is 2.44 bits per heavy atom. The lowest BCUT2D eigenvalue weighted by atomic mass is 10.2. The maximum atomic E-state index is 12.1. The molecule has 1 N–H and O–H groups in total. The number of nitrogens with zero attached hydrogens (tertiary/aromatic N) is 2. The van der Waals surface area contributed by atoms with Gasteiger partial charge in [-0.3, -0.25) is 4.98 Å². The van der Waals surface area contributed by atoms with Crippen molar-refractivity contribution in [3.63, 3.8) is 0 Å². The van der Waals surface area contributed by atoms with Gasteiger partial charge in [-0.25, -0.2) is 0 Å². The van der Waals surface area contributed by atoms with E-state index in [1.54, 1.807) is 6.92 Å². The van der Waals surface area contributed by atoms with E-state index in [1.807, 2.05) is 0 Å². The fraction of sp³-hybridized carbons (Fsp3) is 0.500. The Hall–Kier alpha value is -1.30. The SMILES string of the molecule is CC(O)c1ccc(N(C)CC(F)(F)F)cn1. The Morgan fingerprint density at radius 1 is 1.44 bits per heavy atom. The van der Waals surface area contributed by atoms with Crippen LogP contribution in [-0.2, 0) is 0 Å². The first kappa shape index (κ1) is 12.8. The second kappa shape index (κ2) is 4.69. The lowest BCUT2D eigenvalue weighted by Crippen LogP contribution is -2.30. The molecule has 0 aliphatic heterocycles. The Balaban J connectivity index is 2.74. The highest BCUT2D eigenvalue weighted by Gasteiger charge is 2.29. The van der Waals surface area contributed by atoms with Crippen LogP contribution in [0.4, 0.5) is 18.9 Å². The molecule has 90 valence electrons. The summed E-state index contributed by atoms with van der Waals surface area (Å²) in [6.45, 7) is 0.518. The molecule has 0 aliphatic carbocycles. The number of alkyl halides is 3. The van der Waals surface area contributed by atoms with Gasteiger partial charge < -0.3 is 10.0 Å². The molecule has 0 bridgehead atoms. The number of aliphatic hydroxyl groups excluding tert-OH is 1. The summed E-state index contributed by atoms with van der Waals surface area (Å²) in [5.41, 5.74) is 0.797. The lowest BCUT2D eigenvalue weighted by Gasteiger charge is -2.20. The minimum absolute atomic E-state index is 0.363. The second-order valence-electron chi connectivity index (χ2n) is 3.59. The van der Waals surface area contributed by atoms with Gasteiger partial charge in [0.25, 0.3) is 0 Å². The summed E-state index contributed by atoms with van der Waals surface area (Å²) in [5.74, 6) is 0. The molecule has 3 nitrogen and oxygen atoms in total. The molecule has 0 saturated carbocycles. The summed E-state index contributed by atoms with van der Waals surface area (Å²) < 4.78 is 36.3. The van der Waals surface area contributed by atoms with Crippen LogP contribution in [0.1, 0.15) is 18.7 Å². The van der Waals surface area contributed by atoms with Gasteiger partial charge in [0, 0.05) is 7.05 Å². The molecular formula is C10H13F3N2O. The van der Waals surface area contributed by atoms with Gasteiger partial charge in [-0.15, -0.1) is 0 Å². The van der Waals surface area contributed by atoms with Crippen molar-refractivity contribution in [2.24, 2.45) is 0 Å². The first-order valence-electron chi connectivity index (χ1n) is 4.71. The van der Waals surface area contributed by atoms with E-state index in [-0.39, 0.29) is 0 Å². The maximum Gasteiger partial charge on any atom is 0.405 e. The van der Waals surface area contributed by atoms with Gasteiger partial charge in [0.2, 0.25) is 0 Å². The molecule has 6 heteroatoms. The van der Waals surface area contributed by atoms with E-state index in [1.165, 1.54) is 25.4 Å². The number of anilines is 1. The smallest absolute Gasteiger partial charge is 0.387 e. The summed E-state index contributed by atoms with van der Waals surface area (Å²) in [4.78, 5) is 4.92. The number of halogens is 3. The Kier molecular flexibility index (Phi) is 3.74. The number of rotatable bonds is 3.